The Balaban J connectivity index is 1.69. The lowest BCUT2D eigenvalue weighted by Gasteiger charge is -2.41. The van der Waals surface area contributed by atoms with Crippen LogP contribution in [-0.4, -0.2) is 45.7 Å². The summed E-state index contributed by atoms with van der Waals surface area (Å²) >= 11 is 6.22. The van der Waals surface area contributed by atoms with Crippen molar-refractivity contribution in [1.82, 2.24) is 19.1 Å². The first kappa shape index (κ1) is 18.9. The summed E-state index contributed by atoms with van der Waals surface area (Å²) in [5, 5.41) is 15.7. The summed E-state index contributed by atoms with van der Waals surface area (Å²) < 4.78 is 29.4. The van der Waals surface area contributed by atoms with Crippen LogP contribution in [0.3, 0.4) is 0 Å². The zero-order valence-electron chi connectivity index (χ0n) is 15.3. The monoisotopic (exact) mass is 410 g/mol. The third-order valence-corrected chi connectivity index (χ3v) is 8.54. The van der Waals surface area contributed by atoms with Crippen LogP contribution in [0.2, 0.25) is 5.15 Å². The molecule has 3 heterocycles. The van der Waals surface area contributed by atoms with Gasteiger partial charge in [-0.1, -0.05) is 17.7 Å². The van der Waals surface area contributed by atoms with E-state index < -0.39 is 15.6 Å². The molecular formula is C18H23ClN4O3S. The molecule has 1 saturated carbocycles. The molecule has 0 unspecified atom stereocenters. The van der Waals surface area contributed by atoms with E-state index in [0.29, 0.717) is 18.7 Å². The van der Waals surface area contributed by atoms with Crippen LogP contribution in [-0.2, 0) is 22.7 Å². The molecule has 1 saturated heterocycles. The maximum Gasteiger partial charge on any atom is 0.248 e. The average Bonchev–Trinajstić information content (AvgIpc) is 3.19. The van der Waals surface area contributed by atoms with E-state index in [0.717, 1.165) is 18.4 Å². The molecule has 2 aromatic heterocycles. The van der Waals surface area contributed by atoms with Gasteiger partial charge in [0.2, 0.25) is 10.0 Å². The summed E-state index contributed by atoms with van der Waals surface area (Å²) in [6.45, 7) is 2.30. The number of aryl methyl sites for hydroxylation is 2. The smallest absolute Gasteiger partial charge is 0.248 e. The van der Waals surface area contributed by atoms with Gasteiger partial charge < -0.3 is 5.11 Å². The van der Waals surface area contributed by atoms with Crippen molar-refractivity contribution in [2.24, 2.45) is 18.9 Å². The fourth-order valence-electron chi connectivity index (χ4n) is 4.69. The summed E-state index contributed by atoms with van der Waals surface area (Å²) in [5.41, 5.74) is 0.0873. The summed E-state index contributed by atoms with van der Waals surface area (Å²) in [5.74, 6) is -0.0598. The van der Waals surface area contributed by atoms with Gasteiger partial charge in [0.15, 0.2) is 0 Å². The van der Waals surface area contributed by atoms with Gasteiger partial charge in [0.05, 0.1) is 11.3 Å². The molecular weight excluding hydrogens is 388 g/mol. The number of sulfonamides is 1. The Morgan fingerprint density at radius 1 is 1.37 bits per heavy atom. The minimum absolute atomic E-state index is 0.0650. The van der Waals surface area contributed by atoms with Crippen molar-refractivity contribution in [3.8, 4) is 0 Å². The summed E-state index contributed by atoms with van der Waals surface area (Å²) in [4.78, 5) is 4.21. The van der Waals surface area contributed by atoms with E-state index in [1.54, 1.807) is 32.4 Å². The quantitative estimate of drug-likeness (QED) is 0.836. The number of rotatable bonds is 3. The highest BCUT2D eigenvalue weighted by Gasteiger charge is 2.52. The molecule has 0 aromatic carbocycles. The molecule has 1 N–H and O–H groups in total. The van der Waals surface area contributed by atoms with Crippen LogP contribution in [0, 0.1) is 18.8 Å². The summed E-state index contributed by atoms with van der Waals surface area (Å²) in [7, 11) is -2.15. The predicted molar refractivity (Wildman–Crippen MR) is 101 cm³/mol. The first-order chi connectivity index (χ1) is 12.7. The van der Waals surface area contributed by atoms with Crippen molar-refractivity contribution >= 4 is 21.6 Å². The lowest BCUT2D eigenvalue weighted by atomic mass is 9.68. The normalized spacial score (nSPS) is 29.0. The summed E-state index contributed by atoms with van der Waals surface area (Å²) in [6, 6.07) is 3.67. The number of aromatic nitrogens is 3. The minimum atomic E-state index is -3.78. The van der Waals surface area contributed by atoms with Crippen molar-refractivity contribution in [3.05, 3.63) is 40.9 Å². The standard InChI is InChI=1S/C18H23ClN4O3S/c1-12-16(17(19)22(2)21-12)27(25,26)23-10-13-5-3-7-18(24,15(13)11-23)14-6-4-8-20-9-14/h4,6,8-9,13,15,24H,3,5,7,10-11H2,1-2H3/t13-,15+,18+/m0/s1. The molecule has 2 aliphatic rings. The number of halogens is 1. The maximum atomic E-state index is 13.3. The Kier molecular flexibility index (Phi) is 4.57. The fourth-order valence-corrected chi connectivity index (χ4v) is 6.92. The van der Waals surface area contributed by atoms with Crippen molar-refractivity contribution in [1.29, 1.82) is 0 Å². The van der Waals surface area contributed by atoms with E-state index in [4.69, 9.17) is 11.6 Å². The van der Waals surface area contributed by atoms with Crippen LogP contribution in [0.4, 0.5) is 0 Å². The van der Waals surface area contributed by atoms with E-state index >= 15 is 0 Å². The zero-order valence-corrected chi connectivity index (χ0v) is 16.9. The topological polar surface area (TPSA) is 88.3 Å². The first-order valence-electron chi connectivity index (χ1n) is 9.07. The molecule has 1 aliphatic carbocycles. The Bertz CT molecular complexity index is 962. The van der Waals surface area contributed by atoms with Crippen molar-refractivity contribution in [2.45, 2.75) is 36.7 Å². The van der Waals surface area contributed by atoms with Crippen molar-refractivity contribution in [2.75, 3.05) is 13.1 Å². The van der Waals surface area contributed by atoms with E-state index in [-0.39, 0.29) is 28.4 Å². The zero-order chi connectivity index (χ0) is 19.4. The molecule has 27 heavy (non-hydrogen) atoms. The van der Waals surface area contributed by atoms with Gasteiger partial charge in [0.1, 0.15) is 10.0 Å². The number of hydrogen-bond donors (Lipinski definition) is 1. The molecule has 0 amide bonds. The predicted octanol–water partition coefficient (Wildman–Crippen LogP) is 2.09. The minimum Gasteiger partial charge on any atom is -0.385 e. The van der Waals surface area contributed by atoms with Gasteiger partial charge >= 0.3 is 0 Å². The first-order valence-corrected chi connectivity index (χ1v) is 10.9. The fraction of sp³-hybridized carbons (Fsp3) is 0.556. The largest absolute Gasteiger partial charge is 0.385 e. The van der Waals surface area contributed by atoms with Gasteiger partial charge in [-0.15, -0.1) is 0 Å². The molecule has 0 bridgehead atoms. The van der Waals surface area contributed by atoms with E-state index in [1.165, 1.54) is 8.99 Å². The maximum absolute atomic E-state index is 13.3. The van der Waals surface area contributed by atoms with Crippen LogP contribution in [0.25, 0.3) is 0 Å². The highest BCUT2D eigenvalue weighted by Crippen LogP contribution is 2.49. The van der Waals surface area contributed by atoms with Crippen LogP contribution in [0.5, 0.6) is 0 Å². The number of nitrogens with zero attached hydrogens (tertiary/aromatic N) is 4. The molecule has 1 aliphatic heterocycles. The van der Waals surface area contributed by atoms with Gasteiger partial charge in [0, 0.05) is 44.0 Å². The Morgan fingerprint density at radius 2 is 2.15 bits per heavy atom. The number of fused-ring (bicyclic) bond motifs is 1. The van der Waals surface area contributed by atoms with Gasteiger partial charge in [-0.3, -0.25) is 9.67 Å². The molecule has 9 heteroatoms. The SMILES string of the molecule is Cc1nn(C)c(Cl)c1S(=O)(=O)N1C[C@@H]2CCC[C@@](O)(c3cccnc3)[C@@H]2C1. The van der Waals surface area contributed by atoms with Gasteiger partial charge in [-0.25, -0.2) is 8.42 Å². The Labute approximate surface area is 164 Å². The van der Waals surface area contributed by atoms with Crippen LogP contribution >= 0.6 is 11.6 Å². The lowest BCUT2D eigenvalue weighted by Crippen LogP contribution is -2.43. The van der Waals surface area contributed by atoms with Gasteiger partial charge in [-0.2, -0.15) is 9.40 Å². The molecule has 0 spiro atoms. The summed E-state index contributed by atoms with van der Waals surface area (Å²) in [6.07, 6.45) is 5.72. The number of pyridine rings is 1. The molecule has 146 valence electrons. The van der Waals surface area contributed by atoms with Gasteiger partial charge in [-0.05, 0) is 38.2 Å². The van der Waals surface area contributed by atoms with E-state index in [9.17, 15) is 13.5 Å². The third kappa shape index (κ3) is 2.90. The second-order valence-corrected chi connectivity index (χ2v) is 9.81. The second-order valence-electron chi connectivity index (χ2n) is 7.58. The van der Waals surface area contributed by atoms with Crippen molar-refractivity contribution < 1.29 is 13.5 Å². The van der Waals surface area contributed by atoms with Gasteiger partial charge in [0.25, 0.3) is 0 Å². The van der Waals surface area contributed by atoms with Crippen LogP contribution < -0.4 is 0 Å². The van der Waals surface area contributed by atoms with E-state index in [1.807, 2.05) is 6.07 Å². The molecule has 4 rings (SSSR count). The molecule has 0 radical (unpaired) electrons. The second kappa shape index (κ2) is 6.55. The van der Waals surface area contributed by atoms with E-state index in [2.05, 4.69) is 10.1 Å². The highest BCUT2D eigenvalue weighted by atomic mass is 35.5. The highest BCUT2D eigenvalue weighted by molar-refractivity contribution is 7.89. The van der Waals surface area contributed by atoms with Crippen LogP contribution in [0.1, 0.15) is 30.5 Å². The average molecular weight is 411 g/mol. The number of aliphatic hydroxyl groups is 1. The molecule has 3 atom stereocenters. The molecule has 7 nitrogen and oxygen atoms in total. The molecule has 2 fully saturated rings. The lowest BCUT2D eigenvalue weighted by molar-refractivity contribution is -0.0643. The van der Waals surface area contributed by atoms with Crippen LogP contribution in [0.15, 0.2) is 29.4 Å². The van der Waals surface area contributed by atoms with Crippen molar-refractivity contribution in [3.63, 3.8) is 0 Å². The molecule has 2 aromatic rings. The Morgan fingerprint density at radius 3 is 2.78 bits per heavy atom. The number of hydrogen-bond acceptors (Lipinski definition) is 5. The Hall–Kier alpha value is -1.48. The third-order valence-electron chi connectivity index (χ3n) is 6.01.